The van der Waals surface area contributed by atoms with Gasteiger partial charge < -0.3 is 19.9 Å². The molecule has 0 aromatic rings. The Kier molecular flexibility index (Phi) is 9.00. The molecule has 0 saturated carbocycles. The molecule has 1 heterocycles. The Morgan fingerprint density at radius 1 is 1.50 bits per heavy atom. The number of aliphatic carboxylic acids is 1. The van der Waals surface area contributed by atoms with Gasteiger partial charge in [0.2, 0.25) is 0 Å². The van der Waals surface area contributed by atoms with Crippen molar-refractivity contribution in [1.82, 2.24) is 5.32 Å². The molecule has 2 atom stereocenters. The summed E-state index contributed by atoms with van der Waals surface area (Å²) in [4.78, 5) is 39.2. The standard InChI is InChI=1S/C16H22BN3O6/c1-4-5-7-11(2)15(19-25-3)16(23)18-13-9-6-8-12(10-14(21)22)26-17(13)20-24/h4-8,12-13H,9-10H2,1-3H3,(H,18,23)(H,21,22)/b5-4-,11-7+,19-15-/t12-,13?/m1/s1. The smallest absolute Gasteiger partial charge is 0.481 e. The molecule has 1 unspecified atom stereocenters. The van der Waals surface area contributed by atoms with Crippen molar-refractivity contribution in [3.63, 3.8) is 0 Å². The average Bonchev–Trinajstić information content (AvgIpc) is 2.78. The number of carbonyl (C=O) groups excluding carboxylic acids is 1. The van der Waals surface area contributed by atoms with Gasteiger partial charge in [-0.25, -0.2) is 0 Å². The fraction of sp³-hybridized carbons (Fsp3) is 0.438. The van der Waals surface area contributed by atoms with Crippen LogP contribution in [-0.2, 0) is 19.1 Å². The van der Waals surface area contributed by atoms with Gasteiger partial charge in [0.25, 0.3) is 5.91 Å². The average molecular weight is 363 g/mol. The normalized spacial score (nSPS) is 21.4. The second-order valence-corrected chi connectivity index (χ2v) is 5.51. The third-order valence-corrected chi connectivity index (χ3v) is 3.51. The zero-order valence-electron chi connectivity index (χ0n) is 14.9. The number of nitrogens with zero attached hydrogens (tertiary/aromatic N) is 2. The predicted octanol–water partition coefficient (Wildman–Crippen LogP) is 1.61. The lowest BCUT2D eigenvalue weighted by Gasteiger charge is -2.19. The van der Waals surface area contributed by atoms with Gasteiger partial charge >= 0.3 is 13.0 Å². The maximum absolute atomic E-state index is 12.5. The summed E-state index contributed by atoms with van der Waals surface area (Å²) < 4.78 is 5.39. The SMILES string of the molecule is C\C=C/C=C(C)/C(=N/OC)C(=O)NC1CC=C[C@H](CC(=O)O)OB1N=O. The predicted molar refractivity (Wildman–Crippen MR) is 97.4 cm³/mol. The quantitative estimate of drug-likeness (QED) is 0.168. The van der Waals surface area contributed by atoms with Crippen molar-refractivity contribution >= 4 is 24.6 Å². The Hall–Kier alpha value is -2.75. The highest BCUT2D eigenvalue weighted by atomic mass is 16.6. The van der Waals surface area contributed by atoms with E-state index in [1.165, 1.54) is 7.11 Å². The number of rotatable bonds is 8. The summed E-state index contributed by atoms with van der Waals surface area (Å²) in [5.74, 6) is -2.38. The molecule has 140 valence electrons. The summed E-state index contributed by atoms with van der Waals surface area (Å²) in [6.45, 7) is 3.53. The maximum atomic E-state index is 12.5. The largest absolute Gasteiger partial charge is 0.509 e. The zero-order valence-corrected chi connectivity index (χ0v) is 14.9. The molecule has 9 nitrogen and oxygen atoms in total. The molecule has 1 rings (SSSR count). The molecule has 0 spiro atoms. The van der Waals surface area contributed by atoms with Crippen LogP contribution in [0.25, 0.3) is 0 Å². The minimum absolute atomic E-state index is 0.0468. The molecule has 1 amide bonds. The monoisotopic (exact) mass is 363 g/mol. The van der Waals surface area contributed by atoms with Gasteiger partial charge in [-0.2, -0.15) is 4.91 Å². The molecule has 0 aliphatic carbocycles. The second kappa shape index (κ2) is 11.0. The van der Waals surface area contributed by atoms with Crippen LogP contribution in [0.1, 0.15) is 26.7 Å². The fourth-order valence-electron chi connectivity index (χ4n) is 2.27. The van der Waals surface area contributed by atoms with Crippen LogP contribution in [0.5, 0.6) is 0 Å². The minimum atomic E-state index is -1.22. The van der Waals surface area contributed by atoms with Crippen molar-refractivity contribution in [3.8, 4) is 0 Å². The highest BCUT2D eigenvalue weighted by Gasteiger charge is 2.36. The molecule has 0 bridgehead atoms. The highest BCUT2D eigenvalue weighted by molar-refractivity contribution is 6.53. The number of nitroso groups, excluding NO2 is 1. The fourth-order valence-corrected chi connectivity index (χ4v) is 2.27. The lowest BCUT2D eigenvalue weighted by atomic mass is 9.72. The number of oxime groups is 1. The van der Waals surface area contributed by atoms with Gasteiger partial charge in [-0.3, -0.25) is 9.59 Å². The highest BCUT2D eigenvalue weighted by Crippen LogP contribution is 2.15. The van der Waals surface area contributed by atoms with Crippen molar-refractivity contribution < 1.29 is 24.2 Å². The maximum Gasteiger partial charge on any atom is 0.509 e. The van der Waals surface area contributed by atoms with E-state index < -0.39 is 31.0 Å². The summed E-state index contributed by atoms with van der Waals surface area (Å²) in [6, 6.07) is 0. The molecule has 0 aromatic heterocycles. The lowest BCUT2D eigenvalue weighted by molar-refractivity contribution is -0.138. The molecular weight excluding hydrogens is 341 g/mol. The molecule has 2 N–H and O–H groups in total. The topological polar surface area (TPSA) is 127 Å². The van der Waals surface area contributed by atoms with Gasteiger partial charge in [-0.15, -0.1) is 0 Å². The Bertz CT molecular complexity index is 644. The molecule has 0 saturated heterocycles. The molecule has 0 aromatic carbocycles. The van der Waals surface area contributed by atoms with Crippen LogP contribution in [0.2, 0.25) is 0 Å². The minimum Gasteiger partial charge on any atom is -0.481 e. The number of carboxylic acid groups (broad SMARTS) is 1. The van der Waals surface area contributed by atoms with Crippen LogP contribution in [0.3, 0.4) is 0 Å². The first-order valence-corrected chi connectivity index (χ1v) is 8.01. The van der Waals surface area contributed by atoms with Gasteiger partial charge in [0.1, 0.15) is 7.11 Å². The number of amides is 1. The first-order chi connectivity index (χ1) is 12.4. The van der Waals surface area contributed by atoms with Gasteiger partial charge in [0, 0.05) is 0 Å². The van der Waals surface area contributed by atoms with E-state index >= 15 is 0 Å². The Labute approximate surface area is 151 Å². The number of hydrogen-bond donors (Lipinski definition) is 2. The van der Waals surface area contributed by atoms with Crippen molar-refractivity contribution in [2.45, 2.75) is 38.7 Å². The molecule has 1 aliphatic heterocycles. The summed E-state index contributed by atoms with van der Waals surface area (Å²) in [7, 11) is 0.0990. The third kappa shape index (κ3) is 6.63. The van der Waals surface area contributed by atoms with Crippen LogP contribution in [-0.4, -0.2) is 48.9 Å². The van der Waals surface area contributed by atoms with Gasteiger partial charge in [-0.1, -0.05) is 40.6 Å². The van der Waals surface area contributed by atoms with E-state index in [2.05, 4.69) is 15.6 Å². The van der Waals surface area contributed by atoms with E-state index in [0.29, 0.717) is 5.57 Å². The van der Waals surface area contributed by atoms with Crippen LogP contribution in [0, 0.1) is 4.91 Å². The first-order valence-electron chi connectivity index (χ1n) is 8.01. The van der Waals surface area contributed by atoms with Gasteiger partial charge in [0.05, 0.1) is 18.5 Å². The van der Waals surface area contributed by atoms with E-state index in [9.17, 15) is 14.5 Å². The third-order valence-electron chi connectivity index (χ3n) is 3.51. The molecule has 0 fully saturated rings. The Morgan fingerprint density at radius 2 is 2.23 bits per heavy atom. The summed E-state index contributed by atoms with van der Waals surface area (Å²) in [5.41, 5.74) is 0.609. The van der Waals surface area contributed by atoms with E-state index in [1.807, 2.05) is 6.92 Å². The zero-order chi connectivity index (χ0) is 19.5. The first kappa shape index (κ1) is 21.3. The van der Waals surface area contributed by atoms with Crippen molar-refractivity contribution in [3.05, 3.63) is 40.9 Å². The van der Waals surface area contributed by atoms with Crippen LogP contribution >= 0.6 is 0 Å². The van der Waals surface area contributed by atoms with Gasteiger partial charge in [-0.05, 0) is 25.8 Å². The van der Waals surface area contributed by atoms with Crippen molar-refractivity contribution in [2.75, 3.05) is 7.11 Å². The van der Waals surface area contributed by atoms with Crippen molar-refractivity contribution in [2.24, 2.45) is 10.2 Å². The van der Waals surface area contributed by atoms with E-state index in [-0.39, 0.29) is 18.6 Å². The number of nitrogens with one attached hydrogen (secondary N) is 1. The summed E-state index contributed by atoms with van der Waals surface area (Å²) >= 11 is 0. The number of allylic oxidation sites excluding steroid dienone is 3. The van der Waals surface area contributed by atoms with Crippen LogP contribution < -0.4 is 5.32 Å². The Balaban J connectivity index is 2.91. The molecule has 0 radical (unpaired) electrons. The molecular formula is C16H22BN3O6. The van der Waals surface area contributed by atoms with Crippen LogP contribution in [0.15, 0.2) is 46.2 Å². The second-order valence-electron chi connectivity index (χ2n) is 5.51. The van der Waals surface area contributed by atoms with E-state index in [1.54, 1.807) is 37.3 Å². The Morgan fingerprint density at radius 3 is 2.81 bits per heavy atom. The number of hydrogen-bond acceptors (Lipinski definition) is 7. The summed E-state index contributed by atoms with van der Waals surface area (Å²) in [6.07, 6.45) is 7.60. The summed E-state index contributed by atoms with van der Waals surface area (Å²) in [5, 5.41) is 18.1. The number of carbonyl (C=O) groups is 2. The lowest BCUT2D eigenvalue weighted by Crippen LogP contribution is -2.49. The van der Waals surface area contributed by atoms with E-state index in [0.717, 1.165) is 0 Å². The van der Waals surface area contributed by atoms with Crippen LogP contribution in [0.4, 0.5) is 0 Å². The number of carboxylic acids is 1. The van der Waals surface area contributed by atoms with E-state index in [4.69, 9.17) is 14.6 Å². The van der Waals surface area contributed by atoms with Gasteiger partial charge in [0.15, 0.2) is 5.71 Å². The molecule has 10 heteroatoms. The molecule has 1 aliphatic rings. The molecule has 26 heavy (non-hydrogen) atoms. The van der Waals surface area contributed by atoms with Crippen molar-refractivity contribution in [1.29, 1.82) is 0 Å².